The first-order valence-electron chi connectivity index (χ1n) is 11.5. The van der Waals surface area contributed by atoms with Crippen LogP contribution in [0, 0.1) is 11.8 Å². The van der Waals surface area contributed by atoms with Gasteiger partial charge in [0.05, 0.1) is 0 Å². The van der Waals surface area contributed by atoms with E-state index in [4.69, 9.17) is 0 Å². The summed E-state index contributed by atoms with van der Waals surface area (Å²) in [6, 6.07) is 9.28. The molecule has 1 aliphatic heterocycles. The van der Waals surface area contributed by atoms with Crippen LogP contribution in [0.3, 0.4) is 0 Å². The van der Waals surface area contributed by atoms with Gasteiger partial charge in [-0.05, 0) is 63.5 Å². The zero-order valence-corrected chi connectivity index (χ0v) is 18.2. The van der Waals surface area contributed by atoms with E-state index in [9.17, 15) is 5.11 Å². The number of unbranched alkanes of at least 4 members (excludes halogenated alkanes) is 2. The Kier molecular flexibility index (Phi) is 8.04. The number of hydrogen-bond acceptors (Lipinski definition) is 4. The van der Waals surface area contributed by atoms with Crippen LogP contribution in [0.1, 0.15) is 64.7 Å². The second kappa shape index (κ2) is 10.5. The molecule has 1 saturated carbocycles. The fourth-order valence-electron chi connectivity index (χ4n) is 4.93. The Bertz CT molecular complexity index is 566. The summed E-state index contributed by atoms with van der Waals surface area (Å²) < 4.78 is 0. The van der Waals surface area contributed by atoms with E-state index in [0.29, 0.717) is 12.0 Å². The number of anilines is 2. The normalized spacial score (nSPS) is 26.6. The molecule has 0 spiro atoms. The third-order valence-electron chi connectivity index (χ3n) is 6.99. The first kappa shape index (κ1) is 21.4. The van der Waals surface area contributed by atoms with Gasteiger partial charge in [0.15, 0.2) is 0 Å². The van der Waals surface area contributed by atoms with Gasteiger partial charge in [0.2, 0.25) is 0 Å². The predicted octanol–water partition coefficient (Wildman–Crippen LogP) is 4.94. The highest BCUT2D eigenvalue weighted by Gasteiger charge is 2.27. The maximum atomic E-state index is 10.7. The van der Waals surface area contributed by atoms with Crippen LogP contribution in [0.25, 0.3) is 0 Å². The van der Waals surface area contributed by atoms with Gasteiger partial charge in [-0.25, -0.2) is 0 Å². The largest absolute Gasteiger partial charge is 0.374 e. The van der Waals surface area contributed by atoms with Crippen LogP contribution in [-0.2, 0) is 0 Å². The second-order valence-electron chi connectivity index (χ2n) is 9.26. The number of rotatable bonds is 9. The van der Waals surface area contributed by atoms with E-state index in [2.05, 4.69) is 60.4 Å². The van der Waals surface area contributed by atoms with Gasteiger partial charge in [-0.2, -0.15) is 0 Å². The van der Waals surface area contributed by atoms with Crippen LogP contribution < -0.4 is 10.2 Å². The fourth-order valence-corrected chi connectivity index (χ4v) is 4.93. The van der Waals surface area contributed by atoms with Gasteiger partial charge >= 0.3 is 0 Å². The Morgan fingerprint density at radius 2 is 1.79 bits per heavy atom. The minimum Gasteiger partial charge on any atom is -0.374 e. The molecule has 4 heteroatoms. The van der Waals surface area contributed by atoms with Crippen LogP contribution >= 0.6 is 0 Å². The van der Waals surface area contributed by atoms with Crippen molar-refractivity contribution in [3.05, 3.63) is 24.3 Å². The molecule has 2 atom stereocenters. The highest BCUT2D eigenvalue weighted by Crippen LogP contribution is 2.34. The number of hydrogen-bond donors (Lipinski definition) is 2. The minimum absolute atomic E-state index is 0.390. The van der Waals surface area contributed by atoms with E-state index in [1.807, 2.05) is 0 Å². The van der Waals surface area contributed by atoms with Crippen molar-refractivity contribution >= 4 is 11.4 Å². The van der Waals surface area contributed by atoms with Crippen LogP contribution in [0.5, 0.6) is 0 Å². The zero-order chi connectivity index (χ0) is 19.9. The van der Waals surface area contributed by atoms with Gasteiger partial charge in [0.1, 0.15) is 6.23 Å². The number of likely N-dealkylation sites (N-methyl/N-ethyl adjacent to an activating group) is 1. The Morgan fingerprint density at radius 1 is 1.07 bits per heavy atom. The molecule has 1 aliphatic carbocycles. The van der Waals surface area contributed by atoms with Gasteiger partial charge in [-0.15, -0.1) is 0 Å². The molecule has 0 bridgehead atoms. The SMILES string of the molecule is CCCCCC1CCC(C(O)Nc2ccc(N3CCC(N(C)C)C3)cc2)CC1. The molecule has 3 rings (SSSR count). The number of benzene rings is 1. The van der Waals surface area contributed by atoms with Crippen molar-refractivity contribution < 1.29 is 5.11 Å². The smallest absolute Gasteiger partial charge is 0.127 e. The molecule has 2 aliphatic rings. The van der Waals surface area contributed by atoms with Crippen molar-refractivity contribution in [1.82, 2.24) is 4.90 Å². The standard InChI is InChI=1S/C24H41N3O/c1-4-5-6-7-19-8-10-20(11-9-19)24(28)25-21-12-14-22(15-13-21)27-17-16-23(18-27)26(2)3/h12-15,19-20,23-25,28H,4-11,16-18H2,1-3H3. The first-order valence-corrected chi connectivity index (χ1v) is 11.5. The van der Waals surface area contributed by atoms with E-state index in [0.717, 1.165) is 37.5 Å². The lowest BCUT2D eigenvalue weighted by atomic mass is 9.79. The maximum absolute atomic E-state index is 10.7. The average Bonchev–Trinajstić information content (AvgIpc) is 3.20. The molecule has 0 amide bonds. The van der Waals surface area contributed by atoms with Gasteiger partial charge < -0.3 is 20.2 Å². The van der Waals surface area contributed by atoms with E-state index in [1.54, 1.807) is 0 Å². The lowest BCUT2D eigenvalue weighted by molar-refractivity contribution is 0.0936. The Labute approximate surface area is 172 Å². The van der Waals surface area contributed by atoms with Crippen molar-refractivity contribution in [3.8, 4) is 0 Å². The van der Waals surface area contributed by atoms with Gasteiger partial charge in [0, 0.05) is 36.4 Å². The summed E-state index contributed by atoms with van der Waals surface area (Å²) in [6.45, 7) is 4.50. The number of nitrogens with zero attached hydrogens (tertiary/aromatic N) is 2. The number of aliphatic hydroxyl groups excluding tert-OH is 1. The summed E-state index contributed by atoms with van der Waals surface area (Å²) in [4.78, 5) is 4.79. The summed E-state index contributed by atoms with van der Waals surface area (Å²) in [5, 5.41) is 14.0. The Balaban J connectivity index is 1.43. The molecule has 1 aromatic carbocycles. The topological polar surface area (TPSA) is 38.7 Å². The summed E-state index contributed by atoms with van der Waals surface area (Å²) >= 11 is 0. The Hall–Kier alpha value is -1.26. The second-order valence-corrected chi connectivity index (χ2v) is 9.26. The molecule has 158 valence electrons. The molecule has 0 radical (unpaired) electrons. The van der Waals surface area contributed by atoms with Crippen molar-refractivity contribution in [2.24, 2.45) is 11.8 Å². The molecule has 1 aromatic rings. The maximum Gasteiger partial charge on any atom is 0.127 e. The molecule has 1 saturated heterocycles. The highest BCUT2D eigenvalue weighted by atomic mass is 16.3. The average molecular weight is 388 g/mol. The lowest BCUT2D eigenvalue weighted by Gasteiger charge is -2.32. The minimum atomic E-state index is -0.424. The van der Waals surface area contributed by atoms with E-state index in [-0.39, 0.29) is 0 Å². The van der Waals surface area contributed by atoms with Crippen molar-refractivity contribution in [2.45, 2.75) is 77.0 Å². The molecule has 2 N–H and O–H groups in total. The lowest BCUT2D eigenvalue weighted by Crippen LogP contribution is -2.32. The first-order chi connectivity index (χ1) is 13.6. The quantitative estimate of drug-likeness (QED) is 0.465. The predicted molar refractivity (Wildman–Crippen MR) is 120 cm³/mol. The molecule has 0 aromatic heterocycles. The van der Waals surface area contributed by atoms with Crippen LogP contribution in [0.15, 0.2) is 24.3 Å². The molecule has 28 heavy (non-hydrogen) atoms. The summed E-state index contributed by atoms with van der Waals surface area (Å²) in [5.41, 5.74) is 2.32. The van der Waals surface area contributed by atoms with Gasteiger partial charge in [-0.1, -0.05) is 45.4 Å². The van der Waals surface area contributed by atoms with Crippen molar-refractivity contribution in [2.75, 3.05) is 37.4 Å². The Morgan fingerprint density at radius 3 is 2.39 bits per heavy atom. The molecule has 4 nitrogen and oxygen atoms in total. The summed E-state index contributed by atoms with van der Waals surface area (Å²) in [5.74, 6) is 1.28. The van der Waals surface area contributed by atoms with Crippen LogP contribution in [0.4, 0.5) is 11.4 Å². The monoisotopic (exact) mass is 387 g/mol. The van der Waals surface area contributed by atoms with Crippen molar-refractivity contribution in [3.63, 3.8) is 0 Å². The number of aliphatic hydroxyl groups is 1. The van der Waals surface area contributed by atoms with E-state index in [1.165, 1.54) is 50.6 Å². The van der Waals surface area contributed by atoms with Crippen molar-refractivity contribution in [1.29, 1.82) is 0 Å². The highest BCUT2D eigenvalue weighted by molar-refractivity contribution is 5.56. The van der Waals surface area contributed by atoms with Crippen LogP contribution in [-0.4, -0.2) is 49.5 Å². The molecule has 2 fully saturated rings. The van der Waals surface area contributed by atoms with Crippen LogP contribution in [0.2, 0.25) is 0 Å². The molecular formula is C24H41N3O. The molecule has 1 heterocycles. The third kappa shape index (κ3) is 5.87. The van der Waals surface area contributed by atoms with E-state index >= 15 is 0 Å². The fraction of sp³-hybridized carbons (Fsp3) is 0.750. The zero-order valence-electron chi connectivity index (χ0n) is 18.2. The summed E-state index contributed by atoms with van der Waals surface area (Å²) in [6.07, 6.45) is 11.1. The number of nitrogens with one attached hydrogen (secondary N) is 1. The summed E-state index contributed by atoms with van der Waals surface area (Å²) in [7, 11) is 4.34. The van der Waals surface area contributed by atoms with Gasteiger partial charge in [0.25, 0.3) is 0 Å². The third-order valence-corrected chi connectivity index (χ3v) is 6.99. The molecular weight excluding hydrogens is 346 g/mol. The van der Waals surface area contributed by atoms with E-state index < -0.39 is 6.23 Å². The molecule has 2 unspecified atom stereocenters. The van der Waals surface area contributed by atoms with Gasteiger partial charge in [-0.3, -0.25) is 0 Å².